The molecule has 4 rings (SSSR count). The minimum absolute atomic E-state index is 0.185. The summed E-state index contributed by atoms with van der Waals surface area (Å²) in [7, 11) is 0. The number of ether oxygens (including phenoxy) is 2. The lowest BCUT2D eigenvalue weighted by Crippen LogP contribution is -2.19. The number of hydrogen-bond acceptors (Lipinski definition) is 6. The van der Waals surface area contributed by atoms with Crippen LogP contribution in [0.2, 0.25) is 0 Å². The third kappa shape index (κ3) is 3.63. The molecule has 28 heavy (non-hydrogen) atoms. The molecule has 2 aromatic heterocycles. The number of benzene rings is 1. The van der Waals surface area contributed by atoms with Gasteiger partial charge in [-0.1, -0.05) is 0 Å². The van der Waals surface area contributed by atoms with Crippen LogP contribution in [-0.2, 0) is 11.2 Å². The van der Waals surface area contributed by atoms with E-state index in [0.29, 0.717) is 0 Å². The number of carbonyl (C=O) groups excluding carboxylic acids is 1. The van der Waals surface area contributed by atoms with Crippen LogP contribution in [0.25, 0.3) is 5.69 Å². The average molecular weight is 396 g/mol. The Kier molecular flexibility index (Phi) is 4.87. The summed E-state index contributed by atoms with van der Waals surface area (Å²) in [6.45, 7) is 6.20. The van der Waals surface area contributed by atoms with Crippen LogP contribution in [0.3, 0.4) is 0 Å². The lowest BCUT2D eigenvalue weighted by atomic mass is 10.2. The Hall–Kier alpha value is -3.13. The molecule has 0 atom stereocenters. The van der Waals surface area contributed by atoms with Crippen LogP contribution in [0.4, 0.5) is 0 Å². The average Bonchev–Trinajstić information content (AvgIpc) is 3.35. The zero-order valence-electron chi connectivity index (χ0n) is 15.9. The number of carbonyl (C=O) groups is 1. The highest BCUT2D eigenvalue weighted by Gasteiger charge is 2.16. The highest BCUT2D eigenvalue weighted by atomic mass is 32.1. The molecule has 0 fully saturated rings. The molecule has 1 amide bonds. The topological polar surface area (TPSA) is 77.7 Å². The second-order valence-corrected chi connectivity index (χ2v) is 7.49. The molecule has 0 saturated carbocycles. The number of amides is 1. The first-order valence-corrected chi connectivity index (χ1v) is 9.71. The second-order valence-electron chi connectivity index (χ2n) is 6.55. The number of hydrazone groups is 1. The summed E-state index contributed by atoms with van der Waals surface area (Å²) in [4.78, 5) is 16.3. The van der Waals surface area contributed by atoms with Crippen molar-refractivity contribution in [2.24, 2.45) is 5.10 Å². The molecule has 0 bridgehead atoms. The number of rotatable bonds is 5. The van der Waals surface area contributed by atoms with Crippen molar-refractivity contribution in [3.63, 3.8) is 0 Å². The van der Waals surface area contributed by atoms with E-state index >= 15 is 0 Å². The van der Waals surface area contributed by atoms with E-state index in [1.54, 1.807) is 6.21 Å². The molecular weight excluding hydrogens is 376 g/mol. The molecule has 0 unspecified atom stereocenters. The third-order valence-corrected chi connectivity index (χ3v) is 5.42. The van der Waals surface area contributed by atoms with E-state index in [0.717, 1.165) is 44.8 Å². The van der Waals surface area contributed by atoms with E-state index in [2.05, 4.69) is 20.1 Å². The summed E-state index contributed by atoms with van der Waals surface area (Å²) in [5.74, 6) is 1.31. The summed E-state index contributed by atoms with van der Waals surface area (Å²) < 4.78 is 13.0. The van der Waals surface area contributed by atoms with Gasteiger partial charge < -0.3 is 14.0 Å². The maximum Gasteiger partial charge on any atom is 0.246 e. The number of thiazole rings is 1. The van der Waals surface area contributed by atoms with E-state index in [4.69, 9.17) is 9.47 Å². The fraction of sp³-hybridized carbons (Fsp3) is 0.250. The number of fused-ring (bicyclic) bond motifs is 1. The van der Waals surface area contributed by atoms with E-state index in [9.17, 15) is 4.79 Å². The molecule has 7 nitrogen and oxygen atoms in total. The summed E-state index contributed by atoms with van der Waals surface area (Å²) >= 11 is 1.48. The zero-order valence-corrected chi connectivity index (χ0v) is 16.7. The van der Waals surface area contributed by atoms with E-state index in [-0.39, 0.29) is 19.1 Å². The van der Waals surface area contributed by atoms with Gasteiger partial charge in [0.25, 0.3) is 0 Å². The Morgan fingerprint density at radius 2 is 2.11 bits per heavy atom. The predicted molar refractivity (Wildman–Crippen MR) is 108 cm³/mol. The summed E-state index contributed by atoms with van der Waals surface area (Å²) in [5, 5.41) is 6.82. The highest BCUT2D eigenvalue weighted by molar-refractivity contribution is 7.09. The van der Waals surface area contributed by atoms with Gasteiger partial charge in [0.15, 0.2) is 11.5 Å². The van der Waals surface area contributed by atoms with Crippen molar-refractivity contribution in [1.82, 2.24) is 15.0 Å². The first-order chi connectivity index (χ1) is 13.5. The molecule has 3 heterocycles. The van der Waals surface area contributed by atoms with Gasteiger partial charge in [0.1, 0.15) is 5.01 Å². The van der Waals surface area contributed by atoms with Crippen molar-refractivity contribution in [2.75, 3.05) is 6.79 Å². The Balaban J connectivity index is 1.48. The van der Waals surface area contributed by atoms with E-state index < -0.39 is 0 Å². The van der Waals surface area contributed by atoms with Gasteiger partial charge in [0.2, 0.25) is 12.7 Å². The van der Waals surface area contributed by atoms with Crippen molar-refractivity contribution in [3.05, 3.63) is 57.3 Å². The van der Waals surface area contributed by atoms with Gasteiger partial charge >= 0.3 is 0 Å². The predicted octanol–water partition coefficient (Wildman–Crippen LogP) is 3.28. The normalized spacial score (nSPS) is 12.7. The second kappa shape index (κ2) is 7.47. The molecule has 1 aliphatic heterocycles. The van der Waals surface area contributed by atoms with Crippen LogP contribution in [0.15, 0.2) is 34.7 Å². The molecule has 1 aliphatic rings. The first-order valence-electron chi connectivity index (χ1n) is 8.83. The molecular formula is C20H20N4O3S. The Morgan fingerprint density at radius 1 is 1.29 bits per heavy atom. The molecule has 1 aromatic carbocycles. The maximum atomic E-state index is 12.0. The lowest BCUT2D eigenvalue weighted by Gasteiger charge is -2.10. The molecule has 0 spiro atoms. The fourth-order valence-corrected chi connectivity index (χ4v) is 3.94. The summed E-state index contributed by atoms with van der Waals surface area (Å²) in [6.07, 6.45) is 1.89. The molecule has 8 heteroatoms. The van der Waals surface area contributed by atoms with Crippen LogP contribution < -0.4 is 14.9 Å². The molecule has 0 saturated heterocycles. The molecule has 1 N–H and O–H groups in total. The number of aryl methyl sites for hydroxylation is 2. The Bertz CT molecular complexity index is 1070. The Morgan fingerprint density at radius 3 is 2.89 bits per heavy atom. The van der Waals surface area contributed by atoms with Crippen molar-refractivity contribution in [2.45, 2.75) is 27.2 Å². The van der Waals surface area contributed by atoms with Crippen LogP contribution in [0.5, 0.6) is 11.5 Å². The van der Waals surface area contributed by atoms with E-state index in [1.165, 1.54) is 11.3 Å². The zero-order chi connectivity index (χ0) is 19.7. The number of nitrogens with zero attached hydrogens (tertiary/aromatic N) is 3. The molecule has 0 aliphatic carbocycles. The summed E-state index contributed by atoms with van der Waals surface area (Å²) in [6, 6.07) is 7.89. The minimum atomic E-state index is -0.185. The highest BCUT2D eigenvalue weighted by Crippen LogP contribution is 2.34. The van der Waals surface area contributed by atoms with Gasteiger partial charge in [-0.2, -0.15) is 5.10 Å². The first kappa shape index (κ1) is 18.2. The lowest BCUT2D eigenvalue weighted by molar-refractivity contribution is -0.120. The SMILES string of the molecule is Cc1csc(CC(=O)N/N=C\c2cc(C)n(-c3ccc4c(c3)OCO4)c2C)n1. The minimum Gasteiger partial charge on any atom is -0.454 e. The molecule has 0 radical (unpaired) electrons. The fourth-order valence-electron chi connectivity index (χ4n) is 3.17. The van der Waals surface area contributed by atoms with Crippen molar-refractivity contribution >= 4 is 23.5 Å². The largest absolute Gasteiger partial charge is 0.454 e. The number of nitrogens with one attached hydrogen (secondary N) is 1. The quantitative estimate of drug-likeness (QED) is 0.530. The van der Waals surface area contributed by atoms with Gasteiger partial charge in [-0.05, 0) is 39.0 Å². The van der Waals surface area contributed by atoms with Crippen LogP contribution in [0.1, 0.15) is 27.7 Å². The van der Waals surface area contributed by atoms with Crippen molar-refractivity contribution in [3.8, 4) is 17.2 Å². The van der Waals surface area contributed by atoms with Gasteiger partial charge in [0.05, 0.1) is 12.6 Å². The number of hydrogen-bond donors (Lipinski definition) is 1. The monoisotopic (exact) mass is 396 g/mol. The maximum absolute atomic E-state index is 12.0. The summed E-state index contributed by atoms with van der Waals surface area (Å²) in [5.41, 5.74) is 7.49. The third-order valence-electron chi connectivity index (χ3n) is 4.46. The van der Waals surface area contributed by atoms with Crippen LogP contribution in [-0.4, -0.2) is 28.5 Å². The van der Waals surface area contributed by atoms with Crippen molar-refractivity contribution < 1.29 is 14.3 Å². The van der Waals surface area contributed by atoms with Crippen LogP contribution in [0, 0.1) is 20.8 Å². The molecule has 3 aromatic rings. The van der Waals surface area contributed by atoms with E-state index in [1.807, 2.05) is 50.4 Å². The smallest absolute Gasteiger partial charge is 0.246 e. The van der Waals surface area contributed by atoms with Gasteiger partial charge in [-0.3, -0.25) is 4.79 Å². The molecule has 144 valence electrons. The van der Waals surface area contributed by atoms with Crippen molar-refractivity contribution in [1.29, 1.82) is 0 Å². The van der Waals surface area contributed by atoms with Gasteiger partial charge in [0, 0.05) is 39.8 Å². The van der Waals surface area contributed by atoms with Gasteiger partial charge in [-0.25, -0.2) is 10.4 Å². The standard InChI is InChI=1S/C20H20N4O3S/c1-12-10-28-20(22-12)8-19(25)23-21-9-15-6-13(2)24(14(15)3)16-4-5-17-18(7-16)27-11-26-17/h4-7,9-10H,8,11H2,1-3H3,(H,23,25)/b21-9-. The van der Waals surface area contributed by atoms with Gasteiger partial charge in [-0.15, -0.1) is 11.3 Å². The Labute approximate surface area is 166 Å². The van der Waals surface area contributed by atoms with Crippen LogP contribution >= 0.6 is 11.3 Å². The number of aromatic nitrogens is 2.